The molecule has 1 amide bonds. The minimum absolute atomic E-state index is 0.0546. The molecule has 1 aliphatic heterocycles. The standard InChI is InChI=1S/C18H19ClN2O2/c1-13-17(9-11-23-13)18(22)21(12-15-4-2-3-10-20-15)16-7-5-14(19)6-8-16/h2-8,10,13,17H,9,11-12H2,1H3/t13-,17+/m1/s1. The van der Waals surface area contributed by atoms with Gasteiger partial charge in [0.15, 0.2) is 0 Å². The lowest BCUT2D eigenvalue weighted by molar-refractivity contribution is -0.123. The van der Waals surface area contributed by atoms with E-state index in [1.54, 1.807) is 23.2 Å². The van der Waals surface area contributed by atoms with Crippen LogP contribution < -0.4 is 4.90 Å². The third kappa shape index (κ3) is 3.71. The van der Waals surface area contributed by atoms with Gasteiger partial charge in [-0.2, -0.15) is 0 Å². The molecular formula is C18H19ClN2O2. The summed E-state index contributed by atoms with van der Waals surface area (Å²) < 4.78 is 5.56. The maximum Gasteiger partial charge on any atom is 0.233 e. The third-order valence-electron chi connectivity index (χ3n) is 4.14. The maximum absolute atomic E-state index is 13.0. The molecule has 2 heterocycles. The van der Waals surface area contributed by atoms with Crippen LogP contribution in [0.2, 0.25) is 5.02 Å². The fourth-order valence-corrected chi connectivity index (χ4v) is 2.95. The van der Waals surface area contributed by atoms with Gasteiger partial charge in [-0.1, -0.05) is 17.7 Å². The Bertz CT molecular complexity index is 660. The minimum atomic E-state index is -0.116. The Morgan fingerprint density at radius 1 is 1.30 bits per heavy atom. The van der Waals surface area contributed by atoms with Crippen LogP contribution in [0.1, 0.15) is 19.0 Å². The van der Waals surface area contributed by atoms with Gasteiger partial charge in [-0.25, -0.2) is 0 Å². The number of halogens is 1. The van der Waals surface area contributed by atoms with Crippen LogP contribution in [0.5, 0.6) is 0 Å². The molecule has 1 aliphatic rings. The number of benzene rings is 1. The van der Waals surface area contributed by atoms with E-state index >= 15 is 0 Å². The molecule has 1 saturated heterocycles. The summed E-state index contributed by atoms with van der Waals surface area (Å²) in [6, 6.07) is 13.0. The summed E-state index contributed by atoms with van der Waals surface area (Å²) in [5, 5.41) is 0.650. The van der Waals surface area contributed by atoms with Crippen molar-refractivity contribution in [3.8, 4) is 0 Å². The van der Waals surface area contributed by atoms with Gasteiger partial charge in [-0.3, -0.25) is 9.78 Å². The molecule has 0 N–H and O–H groups in total. The SMILES string of the molecule is C[C@H]1OCC[C@@H]1C(=O)N(Cc1ccccn1)c1ccc(Cl)cc1. The van der Waals surface area contributed by atoms with Crippen molar-refractivity contribution in [3.05, 3.63) is 59.4 Å². The zero-order chi connectivity index (χ0) is 16.2. The molecule has 2 aromatic rings. The first-order valence-electron chi connectivity index (χ1n) is 7.73. The topological polar surface area (TPSA) is 42.4 Å². The second-order valence-corrected chi connectivity index (χ2v) is 6.13. The lowest BCUT2D eigenvalue weighted by Gasteiger charge is -2.26. The molecule has 120 valence electrons. The van der Waals surface area contributed by atoms with Crippen molar-refractivity contribution >= 4 is 23.2 Å². The summed E-state index contributed by atoms with van der Waals surface area (Å²) in [7, 11) is 0. The van der Waals surface area contributed by atoms with Gasteiger partial charge in [-0.15, -0.1) is 0 Å². The van der Waals surface area contributed by atoms with Crippen LogP contribution in [0.4, 0.5) is 5.69 Å². The van der Waals surface area contributed by atoms with Gasteiger partial charge in [0.2, 0.25) is 5.91 Å². The molecule has 0 radical (unpaired) electrons. The Kier molecular flexibility index (Phi) is 4.94. The molecule has 1 fully saturated rings. The molecule has 2 atom stereocenters. The highest BCUT2D eigenvalue weighted by Crippen LogP contribution is 2.27. The van der Waals surface area contributed by atoms with E-state index in [0.717, 1.165) is 17.8 Å². The summed E-state index contributed by atoms with van der Waals surface area (Å²) >= 11 is 5.97. The Morgan fingerprint density at radius 2 is 2.09 bits per heavy atom. The number of carbonyl (C=O) groups is 1. The van der Waals surface area contributed by atoms with Crippen LogP contribution >= 0.6 is 11.6 Å². The number of aromatic nitrogens is 1. The smallest absolute Gasteiger partial charge is 0.233 e. The maximum atomic E-state index is 13.0. The van der Waals surface area contributed by atoms with E-state index in [-0.39, 0.29) is 17.9 Å². The van der Waals surface area contributed by atoms with Crippen molar-refractivity contribution in [1.82, 2.24) is 4.98 Å². The van der Waals surface area contributed by atoms with E-state index in [2.05, 4.69) is 4.98 Å². The number of rotatable bonds is 4. The van der Waals surface area contributed by atoms with Crippen molar-refractivity contribution in [1.29, 1.82) is 0 Å². The van der Waals surface area contributed by atoms with Crippen molar-refractivity contribution in [2.75, 3.05) is 11.5 Å². The van der Waals surface area contributed by atoms with Gasteiger partial charge in [-0.05, 0) is 49.7 Å². The normalized spacial score (nSPS) is 20.4. The van der Waals surface area contributed by atoms with Gasteiger partial charge >= 0.3 is 0 Å². The Labute approximate surface area is 141 Å². The Morgan fingerprint density at radius 3 is 2.70 bits per heavy atom. The number of anilines is 1. The molecule has 5 heteroatoms. The second kappa shape index (κ2) is 7.11. The number of amides is 1. The first-order valence-corrected chi connectivity index (χ1v) is 8.11. The zero-order valence-electron chi connectivity index (χ0n) is 13.0. The van der Waals surface area contributed by atoms with Crippen LogP contribution in [0.3, 0.4) is 0 Å². The molecule has 0 saturated carbocycles. The lowest BCUT2D eigenvalue weighted by Crippen LogP contribution is -2.38. The minimum Gasteiger partial charge on any atom is -0.378 e. The van der Waals surface area contributed by atoms with E-state index in [4.69, 9.17) is 16.3 Å². The van der Waals surface area contributed by atoms with Gasteiger partial charge in [0.1, 0.15) is 0 Å². The first-order chi connectivity index (χ1) is 11.1. The predicted octanol–water partition coefficient (Wildman–Crippen LogP) is 3.69. The summed E-state index contributed by atoms with van der Waals surface area (Å²) in [4.78, 5) is 19.1. The molecule has 0 spiro atoms. The number of pyridine rings is 1. The highest BCUT2D eigenvalue weighted by atomic mass is 35.5. The van der Waals surface area contributed by atoms with E-state index in [1.807, 2.05) is 37.3 Å². The van der Waals surface area contributed by atoms with Gasteiger partial charge in [0.05, 0.1) is 24.3 Å². The summed E-state index contributed by atoms with van der Waals surface area (Å²) in [5.41, 5.74) is 1.67. The van der Waals surface area contributed by atoms with Gasteiger partial charge in [0.25, 0.3) is 0 Å². The number of ether oxygens (including phenoxy) is 1. The number of hydrogen-bond acceptors (Lipinski definition) is 3. The van der Waals surface area contributed by atoms with Crippen molar-refractivity contribution in [2.45, 2.75) is 26.0 Å². The van der Waals surface area contributed by atoms with Gasteiger partial charge in [0, 0.05) is 23.5 Å². The van der Waals surface area contributed by atoms with Crippen molar-refractivity contribution < 1.29 is 9.53 Å². The largest absolute Gasteiger partial charge is 0.378 e. The molecular weight excluding hydrogens is 312 g/mol. The Balaban J connectivity index is 1.89. The van der Waals surface area contributed by atoms with Crippen LogP contribution in [-0.2, 0) is 16.1 Å². The lowest BCUT2D eigenvalue weighted by atomic mass is 10.0. The molecule has 1 aromatic carbocycles. The van der Waals surface area contributed by atoms with Crippen LogP contribution in [-0.4, -0.2) is 23.6 Å². The third-order valence-corrected chi connectivity index (χ3v) is 4.40. The summed E-state index contributed by atoms with van der Waals surface area (Å²) in [6.07, 6.45) is 2.44. The van der Waals surface area contributed by atoms with Crippen LogP contribution in [0.15, 0.2) is 48.7 Å². The van der Waals surface area contributed by atoms with E-state index < -0.39 is 0 Å². The van der Waals surface area contributed by atoms with E-state index in [9.17, 15) is 4.79 Å². The zero-order valence-corrected chi connectivity index (χ0v) is 13.7. The fourth-order valence-electron chi connectivity index (χ4n) is 2.83. The first kappa shape index (κ1) is 16.0. The molecule has 1 aromatic heterocycles. The highest BCUT2D eigenvalue weighted by Gasteiger charge is 2.34. The summed E-state index contributed by atoms with van der Waals surface area (Å²) in [6.45, 7) is 3.02. The molecule has 4 nitrogen and oxygen atoms in total. The van der Waals surface area contributed by atoms with E-state index in [1.165, 1.54) is 0 Å². The van der Waals surface area contributed by atoms with Gasteiger partial charge < -0.3 is 9.64 Å². The van der Waals surface area contributed by atoms with Crippen molar-refractivity contribution in [3.63, 3.8) is 0 Å². The monoisotopic (exact) mass is 330 g/mol. The predicted molar refractivity (Wildman–Crippen MR) is 90.4 cm³/mol. The second-order valence-electron chi connectivity index (χ2n) is 5.69. The quantitative estimate of drug-likeness (QED) is 0.858. The molecule has 0 unspecified atom stereocenters. The van der Waals surface area contributed by atoms with Crippen LogP contribution in [0, 0.1) is 5.92 Å². The molecule has 0 bridgehead atoms. The fraction of sp³-hybridized carbons (Fsp3) is 0.333. The molecule has 23 heavy (non-hydrogen) atoms. The number of hydrogen-bond donors (Lipinski definition) is 0. The summed E-state index contributed by atoms with van der Waals surface area (Å²) in [5.74, 6) is -0.0441. The van der Waals surface area contributed by atoms with Crippen molar-refractivity contribution in [2.24, 2.45) is 5.92 Å². The average molecular weight is 331 g/mol. The molecule has 0 aliphatic carbocycles. The highest BCUT2D eigenvalue weighted by molar-refractivity contribution is 6.30. The van der Waals surface area contributed by atoms with E-state index in [0.29, 0.717) is 18.2 Å². The average Bonchev–Trinajstić information content (AvgIpc) is 3.00. The molecule has 3 rings (SSSR count). The Hall–Kier alpha value is -1.91. The van der Waals surface area contributed by atoms with Crippen LogP contribution in [0.25, 0.3) is 0 Å². The number of nitrogens with zero attached hydrogens (tertiary/aromatic N) is 2. The number of carbonyl (C=O) groups excluding carboxylic acids is 1.